The number of nitrogens with one attached hydrogen (secondary N) is 2. The number of carbonyl (C=O) groups excluding carboxylic acids is 3. The Hall–Kier alpha value is -2.95. The minimum atomic E-state index is -1.28. The number of thioether (sulfide) groups is 1. The second kappa shape index (κ2) is 15.6. The van der Waals surface area contributed by atoms with Gasteiger partial charge in [0.15, 0.2) is 5.78 Å². The van der Waals surface area contributed by atoms with E-state index in [4.69, 9.17) is 32.7 Å². The molecule has 12 heteroatoms. The van der Waals surface area contributed by atoms with E-state index in [1.54, 1.807) is 50.2 Å². The van der Waals surface area contributed by atoms with Gasteiger partial charge in [-0.1, -0.05) is 43.1 Å². The molecule has 3 N–H and O–H groups in total. The number of aliphatic carboxylic acids is 1. The van der Waals surface area contributed by atoms with Gasteiger partial charge in [0, 0.05) is 21.4 Å². The van der Waals surface area contributed by atoms with Gasteiger partial charge in [-0.05, 0) is 41.8 Å². The van der Waals surface area contributed by atoms with Crippen molar-refractivity contribution >= 4 is 58.5 Å². The molecule has 0 aliphatic carbocycles. The standard InChI is InChI=1S/C27H32Cl2N2O7S/c1-15(2)26(31-24(33)11-16-10-17(37-3)8-9-23(16)38-4)27(36)30-21(12-25(34)35)22(32)14-39-13-18-19(28)6-5-7-20(18)29/h5-10,15,21,26H,11-14H2,1-4H3,(H,30,36)(H,31,33)(H,34,35)/t21-,26-/m0/s1. The number of ether oxygens (including phenoxy) is 2. The van der Waals surface area contributed by atoms with Crippen molar-refractivity contribution in [1.29, 1.82) is 0 Å². The molecule has 0 aliphatic rings. The third-order valence-electron chi connectivity index (χ3n) is 5.74. The second-order valence-electron chi connectivity index (χ2n) is 8.96. The highest BCUT2D eigenvalue weighted by molar-refractivity contribution is 7.99. The van der Waals surface area contributed by atoms with Crippen LogP contribution in [0, 0.1) is 5.92 Å². The summed E-state index contributed by atoms with van der Waals surface area (Å²) in [6.45, 7) is 3.46. The van der Waals surface area contributed by atoms with Crippen LogP contribution >= 0.6 is 35.0 Å². The van der Waals surface area contributed by atoms with Crippen molar-refractivity contribution in [1.82, 2.24) is 10.6 Å². The van der Waals surface area contributed by atoms with Gasteiger partial charge in [0.25, 0.3) is 0 Å². The summed E-state index contributed by atoms with van der Waals surface area (Å²) in [5, 5.41) is 15.5. The van der Waals surface area contributed by atoms with Gasteiger partial charge in [-0.25, -0.2) is 0 Å². The zero-order valence-corrected chi connectivity index (χ0v) is 24.4. The quantitative estimate of drug-likeness (QED) is 0.278. The first-order valence-corrected chi connectivity index (χ1v) is 13.9. The van der Waals surface area contributed by atoms with Crippen molar-refractivity contribution in [3.05, 3.63) is 57.6 Å². The second-order valence-corrected chi connectivity index (χ2v) is 10.8. The molecule has 0 saturated heterocycles. The summed E-state index contributed by atoms with van der Waals surface area (Å²) >= 11 is 13.5. The third kappa shape index (κ3) is 9.94. The van der Waals surface area contributed by atoms with E-state index in [0.29, 0.717) is 38.4 Å². The Morgan fingerprint density at radius 1 is 1.00 bits per heavy atom. The number of carboxylic acid groups (broad SMARTS) is 1. The first-order valence-electron chi connectivity index (χ1n) is 12.0. The van der Waals surface area contributed by atoms with Crippen LogP contribution in [0.15, 0.2) is 36.4 Å². The van der Waals surface area contributed by atoms with Gasteiger partial charge in [0.2, 0.25) is 11.8 Å². The molecule has 0 fully saturated rings. The maximum absolute atomic E-state index is 13.1. The molecule has 0 bridgehead atoms. The maximum Gasteiger partial charge on any atom is 0.305 e. The normalized spacial score (nSPS) is 12.4. The predicted molar refractivity (Wildman–Crippen MR) is 152 cm³/mol. The molecule has 2 amide bonds. The number of rotatable bonds is 15. The van der Waals surface area contributed by atoms with E-state index in [9.17, 15) is 24.3 Å². The number of halogens is 2. The lowest BCUT2D eigenvalue weighted by Gasteiger charge is -2.25. The predicted octanol–water partition coefficient (Wildman–Crippen LogP) is 4.16. The van der Waals surface area contributed by atoms with E-state index in [2.05, 4.69) is 10.6 Å². The highest BCUT2D eigenvalue weighted by Crippen LogP contribution is 2.28. The fourth-order valence-corrected chi connectivity index (χ4v) is 5.37. The molecule has 0 spiro atoms. The molecule has 0 unspecified atom stereocenters. The number of carbonyl (C=O) groups is 4. The largest absolute Gasteiger partial charge is 0.497 e. The van der Waals surface area contributed by atoms with Gasteiger partial charge in [-0.2, -0.15) is 0 Å². The van der Waals surface area contributed by atoms with Crippen molar-refractivity contribution in [2.45, 2.75) is 44.5 Å². The van der Waals surface area contributed by atoms with Gasteiger partial charge in [-0.3, -0.25) is 19.2 Å². The van der Waals surface area contributed by atoms with Crippen LogP contribution in [0.5, 0.6) is 11.5 Å². The van der Waals surface area contributed by atoms with Crippen molar-refractivity contribution < 1.29 is 33.8 Å². The summed E-state index contributed by atoms with van der Waals surface area (Å²) < 4.78 is 10.5. The molecule has 39 heavy (non-hydrogen) atoms. The fourth-order valence-electron chi connectivity index (χ4n) is 3.66. The van der Waals surface area contributed by atoms with Crippen LogP contribution in [0.3, 0.4) is 0 Å². The number of methoxy groups -OCH3 is 2. The van der Waals surface area contributed by atoms with Crippen LogP contribution in [-0.2, 0) is 31.4 Å². The van der Waals surface area contributed by atoms with E-state index in [0.717, 1.165) is 0 Å². The van der Waals surface area contributed by atoms with E-state index < -0.39 is 42.1 Å². The van der Waals surface area contributed by atoms with Crippen LogP contribution in [0.25, 0.3) is 0 Å². The number of ketones is 1. The van der Waals surface area contributed by atoms with E-state index in [-0.39, 0.29) is 18.1 Å². The van der Waals surface area contributed by atoms with E-state index in [1.165, 1.54) is 26.0 Å². The maximum atomic E-state index is 13.1. The number of amides is 2. The lowest BCUT2D eigenvalue weighted by Crippen LogP contribution is -2.54. The van der Waals surface area contributed by atoms with Gasteiger partial charge in [-0.15, -0.1) is 11.8 Å². The lowest BCUT2D eigenvalue weighted by atomic mass is 10.0. The summed E-state index contributed by atoms with van der Waals surface area (Å²) in [6.07, 6.45) is -0.687. The molecule has 2 aromatic carbocycles. The molecule has 0 aliphatic heterocycles. The average molecular weight is 600 g/mol. The molecule has 9 nitrogen and oxygen atoms in total. The first-order chi connectivity index (χ1) is 18.5. The summed E-state index contributed by atoms with van der Waals surface area (Å²) in [5.41, 5.74) is 1.22. The smallest absolute Gasteiger partial charge is 0.305 e. The Kier molecular flexibility index (Phi) is 12.9. The van der Waals surface area contributed by atoms with Crippen molar-refractivity contribution in [2.24, 2.45) is 5.92 Å². The Morgan fingerprint density at radius 3 is 2.23 bits per heavy atom. The zero-order chi connectivity index (χ0) is 29.1. The molecule has 0 saturated carbocycles. The van der Waals surface area contributed by atoms with Crippen molar-refractivity contribution in [2.75, 3.05) is 20.0 Å². The molecule has 2 atom stereocenters. The number of carboxylic acids is 1. The minimum Gasteiger partial charge on any atom is -0.497 e. The van der Waals surface area contributed by atoms with Crippen LogP contribution in [0.4, 0.5) is 0 Å². The SMILES string of the molecule is COc1ccc(OC)c(CC(=O)N[C@H](C(=O)N[C@@H](CC(=O)O)C(=O)CSCc2c(Cl)cccc2Cl)C(C)C)c1. The molecule has 212 valence electrons. The molecule has 0 heterocycles. The van der Waals surface area contributed by atoms with Gasteiger partial charge in [0.1, 0.15) is 17.5 Å². The summed E-state index contributed by atoms with van der Waals surface area (Å²) in [5.74, 6) is -1.90. The highest BCUT2D eigenvalue weighted by Gasteiger charge is 2.30. The monoisotopic (exact) mass is 598 g/mol. The highest BCUT2D eigenvalue weighted by atomic mass is 35.5. The topological polar surface area (TPSA) is 131 Å². The van der Waals surface area contributed by atoms with Crippen molar-refractivity contribution in [3.63, 3.8) is 0 Å². The Balaban J connectivity index is 2.07. The van der Waals surface area contributed by atoms with E-state index in [1.807, 2.05) is 0 Å². The molecular formula is C27H32Cl2N2O7S. The lowest BCUT2D eigenvalue weighted by molar-refractivity contribution is -0.140. The van der Waals surface area contributed by atoms with Crippen LogP contribution in [0.1, 0.15) is 31.4 Å². The minimum absolute atomic E-state index is 0.0753. The van der Waals surface area contributed by atoms with Gasteiger partial charge in [0.05, 0.1) is 38.9 Å². The number of benzene rings is 2. The summed E-state index contributed by atoms with van der Waals surface area (Å²) in [7, 11) is 2.98. The third-order valence-corrected chi connectivity index (χ3v) is 7.43. The average Bonchev–Trinajstić information content (AvgIpc) is 2.87. The fraction of sp³-hybridized carbons (Fsp3) is 0.407. The van der Waals surface area contributed by atoms with Crippen LogP contribution in [0.2, 0.25) is 10.0 Å². The Bertz CT molecular complexity index is 1170. The molecule has 2 aromatic rings. The Morgan fingerprint density at radius 2 is 1.67 bits per heavy atom. The molecule has 0 aromatic heterocycles. The zero-order valence-electron chi connectivity index (χ0n) is 22.1. The molecule has 0 radical (unpaired) electrons. The summed E-state index contributed by atoms with van der Waals surface area (Å²) in [6, 6.07) is 7.83. The summed E-state index contributed by atoms with van der Waals surface area (Å²) in [4.78, 5) is 50.3. The molecular weight excluding hydrogens is 567 g/mol. The van der Waals surface area contributed by atoms with Gasteiger partial charge >= 0.3 is 5.97 Å². The first kappa shape index (κ1) is 32.3. The number of hydrogen-bond donors (Lipinski definition) is 3. The number of Topliss-reactive ketones (excluding diaryl/α,β-unsaturated/α-hetero) is 1. The van der Waals surface area contributed by atoms with Gasteiger partial charge < -0.3 is 25.2 Å². The Labute approximate surface area is 241 Å². The van der Waals surface area contributed by atoms with Crippen LogP contribution < -0.4 is 20.1 Å². The van der Waals surface area contributed by atoms with E-state index >= 15 is 0 Å². The van der Waals surface area contributed by atoms with Crippen molar-refractivity contribution in [3.8, 4) is 11.5 Å². The molecule has 2 rings (SSSR count). The van der Waals surface area contributed by atoms with Crippen LogP contribution in [-0.4, -0.2) is 60.7 Å². The number of hydrogen-bond acceptors (Lipinski definition) is 7.